The fourth-order valence-electron chi connectivity index (χ4n) is 3.45. The normalized spacial score (nSPS) is 14.8. The predicted octanol–water partition coefficient (Wildman–Crippen LogP) is 3.67. The molecular weight excluding hydrogens is 328 g/mol. The minimum atomic E-state index is 0.491. The Bertz CT molecular complexity index is 1050. The molecule has 0 aliphatic carbocycles. The standard InChI is InChI=1S/C19H18N6O/c1-2-9-25(10-3-1)18-14(5-4-8-20-18)17-23-19(26-24-17)13-6-7-15-16(11-13)22-12-21-15/h4-8,11-12H,1-3,9-10H2,(H,21,22). The first-order valence-corrected chi connectivity index (χ1v) is 8.86. The van der Waals surface area contributed by atoms with Crippen LogP contribution in [0.5, 0.6) is 0 Å². The van der Waals surface area contributed by atoms with Crippen LogP contribution in [0.25, 0.3) is 33.9 Å². The van der Waals surface area contributed by atoms with E-state index in [-0.39, 0.29) is 0 Å². The number of hydrogen-bond donors (Lipinski definition) is 1. The van der Waals surface area contributed by atoms with Gasteiger partial charge in [0.05, 0.1) is 22.9 Å². The van der Waals surface area contributed by atoms with E-state index in [1.165, 1.54) is 19.3 Å². The number of nitrogens with one attached hydrogen (secondary N) is 1. The average molecular weight is 346 g/mol. The van der Waals surface area contributed by atoms with Crippen LogP contribution < -0.4 is 4.90 Å². The first kappa shape index (κ1) is 15.1. The molecule has 7 nitrogen and oxygen atoms in total. The number of pyridine rings is 1. The number of rotatable bonds is 3. The molecular formula is C19H18N6O. The molecule has 26 heavy (non-hydrogen) atoms. The van der Waals surface area contributed by atoms with Gasteiger partial charge in [-0.3, -0.25) is 0 Å². The third-order valence-electron chi connectivity index (χ3n) is 4.78. The van der Waals surface area contributed by atoms with Crippen molar-refractivity contribution in [2.24, 2.45) is 0 Å². The van der Waals surface area contributed by atoms with Crippen LogP contribution in [0.3, 0.4) is 0 Å². The van der Waals surface area contributed by atoms with Gasteiger partial charge in [0, 0.05) is 24.8 Å². The Morgan fingerprint density at radius 2 is 1.96 bits per heavy atom. The lowest BCUT2D eigenvalue weighted by Crippen LogP contribution is -2.30. The number of nitrogens with zero attached hydrogens (tertiary/aromatic N) is 5. The Morgan fingerprint density at radius 3 is 2.88 bits per heavy atom. The van der Waals surface area contributed by atoms with Crippen LogP contribution in [0.2, 0.25) is 0 Å². The minimum absolute atomic E-state index is 0.491. The summed E-state index contributed by atoms with van der Waals surface area (Å²) in [5, 5.41) is 4.21. The maximum Gasteiger partial charge on any atom is 0.258 e. The van der Waals surface area contributed by atoms with Gasteiger partial charge in [-0.2, -0.15) is 4.98 Å². The molecule has 130 valence electrons. The van der Waals surface area contributed by atoms with E-state index >= 15 is 0 Å². The zero-order valence-corrected chi connectivity index (χ0v) is 14.2. The molecule has 1 aliphatic heterocycles. The van der Waals surface area contributed by atoms with Crippen LogP contribution in [-0.2, 0) is 0 Å². The molecule has 1 fully saturated rings. The molecule has 0 unspecified atom stereocenters. The van der Waals surface area contributed by atoms with Crippen molar-refractivity contribution in [3.8, 4) is 22.8 Å². The minimum Gasteiger partial charge on any atom is -0.356 e. The zero-order valence-electron chi connectivity index (χ0n) is 14.2. The van der Waals surface area contributed by atoms with Crippen molar-refractivity contribution in [2.45, 2.75) is 19.3 Å². The van der Waals surface area contributed by atoms with Gasteiger partial charge in [0.15, 0.2) is 0 Å². The van der Waals surface area contributed by atoms with Gasteiger partial charge in [-0.15, -0.1) is 0 Å². The third kappa shape index (κ3) is 2.61. The Hall–Kier alpha value is -3.22. The lowest BCUT2D eigenvalue weighted by molar-refractivity contribution is 0.432. The third-order valence-corrected chi connectivity index (χ3v) is 4.78. The van der Waals surface area contributed by atoms with Gasteiger partial charge in [0.2, 0.25) is 5.82 Å². The van der Waals surface area contributed by atoms with Crippen molar-refractivity contribution in [3.05, 3.63) is 42.9 Å². The lowest BCUT2D eigenvalue weighted by Gasteiger charge is -2.28. The van der Waals surface area contributed by atoms with Gasteiger partial charge in [0.1, 0.15) is 5.82 Å². The lowest BCUT2D eigenvalue weighted by atomic mass is 10.1. The van der Waals surface area contributed by atoms with Crippen LogP contribution in [0.15, 0.2) is 47.4 Å². The highest BCUT2D eigenvalue weighted by molar-refractivity contribution is 5.80. The molecule has 0 atom stereocenters. The Morgan fingerprint density at radius 1 is 1.04 bits per heavy atom. The summed E-state index contributed by atoms with van der Waals surface area (Å²) in [5.74, 6) is 1.99. The van der Waals surface area contributed by atoms with Crippen LogP contribution in [0.1, 0.15) is 19.3 Å². The van der Waals surface area contributed by atoms with E-state index in [2.05, 4.69) is 30.0 Å². The largest absolute Gasteiger partial charge is 0.356 e. The van der Waals surface area contributed by atoms with Crippen molar-refractivity contribution < 1.29 is 4.52 Å². The van der Waals surface area contributed by atoms with Crippen molar-refractivity contribution in [1.82, 2.24) is 25.1 Å². The summed E-state index contributed by atoms with van der Waals surface area (Å²) in [5.41, 5.74) is 3.63. The molecule has 1 aromatic carbocycles. The molecule has 0 radical (unpaired) electrons. The molecule has 1 N–H and O–H groups in total. The van der Waals surface area contributed by atoms with E-state index < -0.39 is 0 Å². The van der Waals surface area contributed by atoms with Crippen molar-refractivity contribution in [1.29, 1.82) is 0 Å². The number of hydrogen-bond acceptors (Lipinski definition) is 6. The van der Waals surface area contributed by atoms with Crippen molar-refractivity contribution in [2.75, 3.05) is 18.0 Å². The highest BCUT2D eigenvalue weighted by Gasteiger charge is 2.20. The van der Waals surface area contributed by atoms with Gasteiger partial charge in [-0.1, -0.05) is 5.16 Å². The molecule has 0 bridgehead atoms. The number of benzene rings is 1. The first-order valence-electron chi connectivity index (χ1n) is 8.86. The molecule has 1 saturated heterocycles. The van der Waals surface area contributed by atoms with Crippen LogP contribution >= 0.6 is 0 Å². The first-order chi connectivity index (χ1) is 12.9. The summed E-state index contributed by atoms with van der Waals surface area (Å²) >= 11 is 0. The topological polar surface area (TPSA) is 83.7 Å². The van der Waals surface area contributed by atoms with Crippen LogP contribution in [0, 0.1) is 0 Å². The number of aromatic amines is 1. The summed E-state index contributed by atoms with van der Waals surface area (Å²) in [7, 11) is 0. The summed E-state index contributed by atoms with van der Waals surface area (Å²) in [4.78, 5) is 18.9. The van der Waals surface area contributed by atoms with E-state index in [1.54, 1.807) is 6.33 Å². The molecule has 0 spiro atoms. The molecule has 4 heterocycles. The molecule has 4 aromatic rings. The number of fused-ring (bicyclic) bond motifs is 1. The molecule has 0 amide bonds. The number of H-pyrrole nitrogens is 1. The molecule has 0 saturated carbocycles. The molecule has 3 aromatic heterocycles. The number of anilines is 1. The van der Waals surface area contributed by atoms with Gasteiger partial charge in [0.25, 0.3) is 5.89 Å². The van der Waals surface area contributed by atoms with Gasteiger partial charge in [-0.05, 0) is 49.6 Å². The number of imidazole rings is 1. The highest BCUT2D eigenvalue weighted by atomic mass is 16.5. The summed E-state index contributed by atoms with van der Waals surface area (Å²) < 4.78 is 5.53. The maximum absolute atomic E-state index is 5.53. The SMILES string of the molecule is c1cnc(N2CCCCC2)c(-c2noc(-c3ccc4nc[nH]c4c3)n2)c1. The van der Waals surface area contributed by atoms with E-state index in [0.29, 0.717) is 11.7 Å². The van der Waals surface area contributed by atoms with Gasteiger partial charge >= 0.3 is 0 Å². The Kier molecular flexibility index (Phi) is 3.62. The molecule has 1 aliphatic rings. The quantitative estimate of drug-likeness (QED) is 0.609. The van der Waals surface area contributed by atoms with E-state index in [1.807, 2.05) is 36.5 Å². The Balaban J connectivity index is 1.52. The van der Waals surface area contributed by atoms with Crippen molar-refractivity contribution in [3.63, 3.8) is 0 Å². The Labute approximate surface area is 150 Å². The highest BCUT2D eigenvalue weighted by Crippen LogP contribution is 2.30. The average Bonchev–Trinajstić information content (AvgIpc) is 3.37. The van der Waals surface area contributed by atoms with Crippen LogP contribution in [-0.4, -0.2) is 38.2 Å². The van der Waals surface area contributed by atoms with Gasteiger partial charge < -0.3 is 14.4 Å². The fourth-order valence-corrected chi connectivity index (χ4v) is 3.45. The smallest absolute Gasteiger partial charge is 0.258 e. The predicted molar refractivity (Wildman–Crippen MR) is 98.7 cm³/mol. The van der Waals surface area contributed by atoms with E-state index in [4.69, 9.17) is 4.52 Å². The van der Waals surface area contributed by atoms with E-state index in [9.17, 15) is 0 Å². The summed E-state index contributed by atoms with van der Waals surface area (Å²) in [6, 6.07) is 9.76. The number of aromatic nitrogens is 5. The van der Waals surface area contributed by atoms with Gasteiger partial charge in [-0.25, -0.2) is 9.97 Å². The second-order valence-corrected chi connectivity index (χ2v) is 6.48. The maximum atomic E-state index is 5.53. The monoisotopic (exact) mass is 346 g/mol. The summed E-state index contributed by atoms with van der Waals surface area (Å²) in [6.07, 6.45) is 7.16. The molecule has 5 rings (SSSR count). The second-order valence-electron chi connectivity index (χ2n) is 6.48. The fraction of sp³-hybridized carbons (Fsp3) is 0.263. The van der Waals surface area contributed by atoms with Crippen molar-refractivity contribution >= 4 is 16.9 Å². The summed E-state index contributed by atoms with van der Waals surface area (Å²) in [6.45, 7) is 2.04. The second kappa shape index (κ2) is 6.25. The molecule has 7 heteroatoms. The zero-order chi connectivity index (χ0) is 17.3. The number of piperidine rings is 1. The van der Waals surface area contributed by atoms with Crippen LogP contribution in [0.4, 0.5) is 5.82 Å². The van der Waals surface area contributed by atoms with E-state index in [0.717, 1.165) is 41.1 Å².